The van der Waals surface area contributed by atoms with Crippen LogP contribution in [0.5, 0.6) is 0 Å². The summed E-state index contributed by atoms with van der Waals surface area (Å²) < 4.78 is 13.6. The quantitative estimate of drug-likeness (QED) is 0.906. The Balaban J connectivity index is 1.71. The average Bonchev–Trinajstić information content (AvgIpc) is 3.10. The van der Waals surface area contributed by atoms with Gasteiger partial charge >= 0.3 is 0 Å². The average molecular weight is 327 g/mol. The third kappa shape index (κ3) is 3.76. The van der Waals surface area contributed by atoms with E-state index in [1.807, 2.05) is 0 Å². The number of para-hydroxylation sites is 1. The van der Waals surface area contributed by atoms with Gasteiger partial charge in [0.25, 0.3) is 11.8 Å². The topological polar surface area (TPSA) is 71.1 Å². The molecule has 0 aliphatic heterocycles. The summed E-state index contributed by atoms with van der Waals surface area (Å²) in [5, 5.41) is 5.42. The van der Waals surface area contributed by atoms with E-state index < -0.39 is 11.7 Å². The van der Waals surface area contributed by atoms with E-state index in [0.717, 1.165) is 25.7 Å². The summed E-state index contributed by atoms with van der Waals surface area (Å²) >= 11 is 0. The molecule has 0 bridgehead atoms. The van der Waals surface area contributed by atoms with Gasteiger partial charge in [0.1, 0.15) is 11.5 Å². The Labute approximate surface area is 139 Å². The number of nitrogens with zero attached hydrogens (tertiary/aromatic N) is 1. The maximum atomic E-state index is 13.6. The van der Waals surface area contributed by atoms with Gasteiger partial charge in [0, 0.05) is 17.8 Å². The molecule has 2 N–H and O–H groups in total. The van der Waals surface area contributed by atoms with Gasteiger partial charge in [-0.1, -0.05) is 25.0 Å². The van der Waals surface area contributed by atoms with Crippen LogP contribution in [0.4, 0.5) is 10.1 Å². The van der Waals surface area contributed by atoms with Crippen LogP contribution in [0.25, 0.3) is 0 Å². The van der Waals surface area contributed by atoms with Crippen molar-refractivity contribution in [1.29, 1.82) is 0 Å². The highest BCUT2D eigenvalue weighted by molar-refractivity contribution is 6.05. The minimum Gasteiger partial charge on any atom is -0.348 e. The largest absolute Gasteiger partial charge is 0.348 e. The molecule has 3 rings (SSSR count). The predicted octanol–water partition coefficient (Wildman–Crippen LogP) is 3.15. The third-order valence-electron chi connectivity index (χ3n) is 4.07. The molecule has 6 heteroatoms. The Bertz CT molecular complexity index is 757. The number of benzene rings is 1. The van der Waals surface area contributed by atoms with Crippen LogP contribution >= 0.6 is 0 Å². The molecule has 1 aromatic carbocycles. The highest BCUT2D eigenvalue weighted by Crippen LogP contribution is 2.18. The molecule has 0 saturated heterocycles. The molecule has 0 radical (unpaired) electrons. The molecule has 2 aromatic rings. The molecular weight excluding hydrogens is 309 g/mol. The predicted molar refractivity (Wildman–Crippen MR) is 88.3 cm³/mol. The molecule has 2 amide bonds. The smallest absolute Gasteiger partial charge is 0.270 e. The van der Waals surface area contributed by atoms with Crippen molar-refractivity contribution < 1.29 is 14.0 Å². The summed E-state index contributed by atoms with van der Waals surface area (Å²) in [5.74, 6) is -1.29. The van der Waals surface area contributed by atoms with E-state index in [1.165, 1.54) is 30.5 Å². The maximum absolute atomic E-state index is 13.6. The van der Waals surface area contributed by atoms with Crippen molar-refractivity contribution in [1.82, 2.24) is 10.3 Å². The van der Waals surface area contributed by atoms with E-state index in [-0.39, 0.29) is 28.9 Å². The first-order valence-corrected chi connectivity index (χ1v) is 7.96. The monoisotopic (exact) mass is 327 g/mol. The van der Waals surface area contributed by atoms with Crippen molar-refractivity contribution in [2.24, 2.45) is 0 Å². The van der Waals surface area contributed by atoms with Crippen molar-refractivity contribution in [3.05, 3.63) is 59.7 Å². The van der Waals surface area contributed by atoms with Crippen LogP contribution < -0.4 is 10.6 Å². The van der Waals surface area contributed by atoms with Crippen molar-refractivity contribution in [3.63, 3.8) is 0 Å². The van der Waals surface area contributed by atoms with E-state index >= 15 is 0 Å². The molecule has 1 fully saturated rings. The molecule has 0 atom stereocenters. The van der Waals surface area contributed by atoms with Crippen molar-refractivity contribution in [3.8, 4) is 0 Å². The second-order valence-corrected chi connectivity index (χ2v) is 5.82. The third-order valence-corrected chi connectivity index (χ3v) is 4.07. The zero-order valence-corrected chi connectivity index (χ0v) is 13.1. The van der Waals surface area contributed by atoms with E-state index in [4.69, 9.17) is 0 Å². The van der Waals surface area contributed by atoms with Crippen LogP contribution in [-0.4, -0.2) is 22.8 Å². The zero-order chi connectivity index (χ0) is 16.9. The number of amides is 2. The number of hydrogen-bond donors (Lipinski definition) is 2. The number of hydrogen-bond acceptors (Lipinski definition) is 3. The van der Waals surface area contributed by atoms with Crippen molar-refractivity contribution >= 4 is 17.5 Å². The molecular formula is C18H18FN3O2. The normalized spacial score (nSPS) is 14.4. The van der Waals surface area contributed by atoms with Gasteiger partial charge in [0.15, 0.2) is 0 Å². The molecule has 1 aliphatic rings. The Hall–Kier alpha value is -2.76. The number of nitrogens with one attached hydrogen (secondary N) is 2. The molecule has 1 aromatic heterocycles. The number of halogens is 1. The van der Waals surface area contributed by atoms with Crippen molar-refractivity contribution in [2.45, 2.75) is 31.7 Å². The number of aromatic nitrogens is 1. The number of pyridine rings is 1. The van der Waals surface area contributed by atoms with Gasteiger partial charge in [-0.05, 0) is 37.1 Å². The zero-order valence-electron chi connectivity index (χ0n) is 13.1. The molecule has 5 nitrogen and oxygen atoms in total. The number of carbonyl (C=O) groups excluding carboxylic acids is 2. The summed E-state index contributed by atoms with van der Waals surface area (Å²) in [4.78, 5) is 28.5. The van der Waals surface area contributed by atoms with Gasteiger partial charge in [0.2, 0.25) is 0 Å². The Morgan fingerprint density at radius 2 is 1.83 bits per heavy atom. The molecule has 1 heterocycles. The van der Waals surface area contributed by atoms with Crippen molar-refractivity contribution in [2.75, 3.05) is 5.32 Å². The molecule has 1 aliphatic carbocycles. The summed E-state index contributed by atoms with van der Waals surface area (Å²) in [6, 6.07) is 9.00. The van der Waals surface area contributed by atoms with E-state index in [2.05, 4.69) is 15.6 Å². The van der Waals surface area contributed by atoms with Crippen LogP contribution in [0, 0.1) is 5.82 Å². The lowest BCUT2D eigenvalue weighted by Gasteiger charge is -2.12. The van der Waals surface area contributed by atoms with Gasteiger partial charge in [-0.25, -0.2) is 4.39 Å². The van der Waals surface area contributed by atoms with Gasteiger partial charge in [-0.3, -0.25) is 14.6 Å². The first kappa shape index (κ1) is 16.1. The summed E-state index contributed by atoms with van der Waals surface area (Å²) in [6.07, 6.45) is 5.57. The first-order chi connectivity index (χ1) is 11.6. The van der Waals surface area contributed by atoms with Gasteiger partial charge in [0.05, 0.1) is 5.69 Å². The molecule has 124 valence electrons. The molecule has 24 heavy (non-hydrogen) atoms. The van der Waals surface area contributed by atoms with E-state index in [0.29, 0.717) is 0 Å². The van der Waals surface area contributed by atoms with Gasteiger partial charge in [-0.2, -0.15) is 0 Å². The lowest BCUT2D eigenvalue weighted by atomic mass is 10.2. The lowest BCUT2D eigenvalue weighted by molar-refractivity contribution is 0.0933. The fourth-order valence-electron chi connectivity index (χ4n) is 2.78. The number of carbonyl (C=O) groups is 2. The SMILES string of the molecule is O=C(Nc1ccccc1F)c1ccnc(C(=O)NC2CCCC2)c1. The lowest BCUT2D eigenvalue weighted by Crippen LogP contribution is -2.33. The van der Waals surface area contributed by atoms with Crippen LogP contribution in [0.3, 0.4) is 0 Å². The van der Waals surface area contributed by atoms with Crippen LogP contribution in [0.2, 0.25) is 0 Å². The number of rotatable bonds is 4. The first-order valence-electron chi connectivity index (χ1n) is 7.96. The van der Waals surface area contributed by atoms with Crippen LogP contribution in [0.15, 0.2) is 42.6 Å². The fourth-order valence-corrected chi connectivity index (χ4v) is 2.78. The van der Waals surface area contributed by atoms with Gasteiger partial charge < -0.3 is 10.6 Å². The fraction of sp³-hybridized carbons (Fsp3) is 0.278. The highest BCUT2D eigenvalue weighted by Gasteiger charge is 2.19. The van der Waals surface area contributed by atoms with Crippen LogP contribution in [-0.2, 0) is 0 Å². The minimum absolute atomic E-state index is 0.0938. The second kappa shape index (κ2) is 7.21. The summed E-state index contributed by atoms with van der Waals surface area (Å²) in [6.45, 7) is 0. The summed E-state index contributed by atoms with van der Waals surface area (Å²) in [5.41, 5.74) is 0.532. The van der Waals surface area contributed by atoms with E-state index in [9.17, 15) is 14.0 Å². The number of anilines is 1. The Kier molecular flexibility index (Phi) is 4.84. The molecule has 1 saturated carbocycles. The molecule has 0 spiro atoms. The molecule has 0 unspecified atom stereocenters. The Morgan fingerprint density at radius 1 is 1.08 bits per heavy atom. The maximum Gasteiger partial charge on any atom is 0.270 e. The van der Waals surface area contributed by atoms with Crippen LogP contribution in [0.1, 0.15) is 46.5 Å². The standard InChI is InChI=1S/C18H18FN3O2/c19-14-7-3-4-8-15(14)22-17(23)12-9-10-20-16(11-12)18(24)21-13-5-1-2-6-13/h3-4,7-11,13H,1-2,5-6H2,(H,21,24)(H,22,23). The summed E-state index contributed by atoms with van der Waals surface area (Å²) in [7, 11) is 0. The van der Waals surface area contributed by atoms with E-state index in [1.54, 1.807) is 12.1 Å². The van der Waals surface area contributed by atoms with Gasteiger partial charge in [-0.15, -0.1) is 0 Å². The second-order valence-electron chi connectivity index (χ2n) is 5.82. The highest BCUT2D eigenvalue weighted by atomic mass is 19.1. The minimum atomic E-state index is -0.515. The Morgan fingerprint density at radius 3 is 2.58 bits per heavy atom.